The summed E-state index contributed by atoms with van der Waals surface area (Å²) < 4.78 is 58.9. The second-order valence-corrected chi connectivity index (χ2v) is 23.8. The minimum atomic E-state index is -4.14. The van der Waals surface area contributed by atoms with E-state index in [0.29, 0.717) is 13.2 Å². The number of benzene rings is 2. The van der Waals surface area contributed by atoms with Crippen LogP contribution in [0.3, 0.4) is 0 Å². The molecule has 0 radical (unpaired) electrons. The number of esters is 2. The van der Waals surface area contributed by atoms with E-state index in [1.807, 2.05) is 93.2 Å². The van der Waals surface area contributed by atoms with Gasteiger partial charge in [-0.1, -0.05) is 144 Å². The number of hydrogen-bond donors (Lipinski definition) is 0. The van der Waals surface area contributed by atoms with Gasteiger partial charge < -0.3 is 17.7 Å². The lowest BCUT2D eigenvalue weighted by atomic mass is 10.4. The molecule has 0 fully saturated rings. The number of alkyl halides is 3. The van der Waals surface area contributed by atoms with E-state index in [0.717, 1.165) is 24.2 Å². The number of hydrogen-bond acceptors (Lipinski definition) is 6. The zero-order valence-electron chi connectivity index (χ0n) is 29.3. The lowest BCUT2D eigenvalue weighted by molar-refractivity contribution is -0.138. The summed E-state index contributed by atoms with van der Waals surface area (Å²) in [4.78, 5) is 20.1. The summed E-state index contributed by atoms with van der Waals surface area (Å²) in [5.74, 6) is -0.718. The molecule has 2 aromatic rings. The van der Waals surface area contributed by atoms with Crippen molar-refractivity contribution in [2.45, 2.75) is 136 Å². The summed E-state index contributed by atoms with van der Waals surface area (Å²) in [6.45, 7) is 24.8. The van der Waals surface area contributed by atoms with Crippen LogP contribution in [0.4, 0.5) is 13.2 Å². The van der Waals surface area contributed by atoms with E-state index in [9.17, 15) is 22.8 Å². The topological polar surface area (TPSA) is 71.1 Å². The third-order valence-corrected chi connectivity index (χ3v) is 18.2. The van der Waals surface area contributed by atoms with Gasteiger partial charge in [0, 0.05) is 18.6 Å². The minimum Gasteiger partial charge on any atom is -0.463 e. The summed E-state index contributed by atoms with van der Waals surface area (Å²) in [6.07, 6.45) is -2.66. The fraction of sp³-hybridized carbons (Fsp3) is 0.550. The summed E-state index contributed by atoms with van der Waals surface area (Å²) in [6, 6.07) is 25.8. The zero-order valence-corrected chi connectivity index (χ0v) is 32.3. The molecule has 12 heteroatoms. The first kappa shape index (κ1) is 70.7. The number of halogens is 3. The molecule has 0 heterocycles. The Morgan fingerprint density at radius 1 is 0.558 bits per heavy atom. The predicted octanol–water partition coefficient (Wildman–Crippen LogP) is 14.2. The third kappa shape index (κ3) is 51.6. The molecule has 0 N–H and O–H groups in total. The van der Waals surface area contributed by atoms with E-state index in [1.54, 1.807) is 13.8 Å². The maximum atomic E-state index is 12.5. The second kappa shape index (κ2) is 41.0. The third-order valence-electron chi connectivity index (χ3n) is 5.79. The predicted molar refractivity (Wildman–Crippen MR) is 232 cm³/mol. The summed E-state index contributed by atoms with van der Waals surface area (Å²) >= 11 is 0. The van der Waals surface area contributed by atoms with Crippen LogP contribution in [0.25, 0.3) is 0 Å². The summed E-state index contributed by atoms with van der Waals surface area (Å²) in [5.41, 5.74) is 0. The first-order valence-corrected chi connectivity index (χ1v) is 24.2. The molecule has 0 atom stereocenters. The number of carbonyl (C=O) groups is 2. The van der Waals surface area contributed by atoms with Crippen LogP contribution in [0.1, 0.15) is 78.7 Å². The molecule has 0 saturated carbocycles. The van der Waals surface area contributed by atoms with Gasteiger partial charge >= 0.3 is 26.7 Å². The van der Waals surface area contributed by atoms with Crippen molar-refractivity contribution in [3.05, 3.63) is 98.1 Å². The largest absolute Gasteiger partial charge is 0.463 e. The molecule has 0 aromatic heterocycles. The second-order valence-electron chi connectivity index (χ2n) is 10.9. The first-order valence-electron chi connectivity index (χ1n) is 15.4. The molecule has 0 unspecified atom stereocenters. The highest BCUT2D eigenvalue weighted by atomic mass is 28.5. The molecular weight excluding hydrogens is 718 g/mol. The van der Waals surface area contributed by atoms with E-state index in [2.05, 4.69) is 48.8 Å². The maximum Gasteiger partial charge on any atom is 0.389 e. The molecule has 0 bridgehead atoms. The fourth-order valence-electron chi connectivity index (χ4n) is 2.98. The monoisotopic (exact) mass is 799 g/mol. The highest BCUT2D eigenvalue weighted by Gasteiger charge is 2.44. The van der Waals surface area contributed by atoms with Crippen molar-refractivity contribution >= 4 is 37.1 Å². The Bertz CT molecular complexity index is 915. The van der Waals surface area contributed by atoms with E-state index in [1.165, 1.54) is 0 Å². The molecule has 310 valence electrons. The molecule has 52 heavy (non-hydrogen) atoms. The van der Waals surface area contributed by atoms with Crippen molar-refractivity contribution in [2.75, 3.05) is 13.2 Å². The van der Waals surface area contributed by atoms with Crippen molar-refractivity contribution in [3.8, 4) is 0 Å². The molecular formula is C40H81F3O6Si3. The van der Waals surface area contributed by atoms with Crippen LogP contribution in [0, 0.1) is 0 Å². The maximum absolute atomic E-state index is 12.5. The smallest absolute Gasteiger partial charge is 0.389 e. The Morgan fingerprint density at radius 3 is 0.923 bits per heavy atom. The summed E-state index contributed by atoms with van der Waals surface area (Å²) in [5, 5.41) is 0. The summed E-state index contributed by atoms with van der Waals surface area (Å²) in [7, 11) is -6.63. The van der Waals surface area contributed by atoms with Crippen LogP contribution in [0.15, 0.2) is 98.1 Å². The van der Waals surface area contributed by atoms with E-state index >= 15 is 0 Å². The lowest BCUT2D eigenvalue weighted by Crippen LogP contribution is -2.54. The van der Waals surface area contributed by atoms with E-state index in [-0.39, 0.29) is 62.5 Å². The molecule has 2 rings (SSSR count). The number of ether oxygens (including phenoxy) is 2. The van der Waals surface area contributed by atoms with Crippen LogP contribution >= 0.6 is 0 Å². The van der Waals surface area contributed by atoms with Crippen molar-refractivity contribution in [3.63, 3.8) is 0 Å². The van der Waals surface area contributed by atoms with E-state index in [4.69, 9.17) is 8.23 Å². The highest BCUT2D eigenvalue weighted by molar-refractivity contribution is 6.88. The Hall–Kier alpha value is -2.78. The quantitative estimate of drug-likeness (QED) is 0.121. The van der Waals surface area contributed by atoms with Gasteiger partial charge in [0.25, 0.3) is 0 Å². The van der Waals surface area contributed by atoms with Gasteiger partial charge in [-0.15, -0.1) is 0 Å². The van der Waals surface area contributed by atoms with Gasteiger partial charge in [0.1, 0.15) is 0 Å². The van der Waals surface area contributed by atoms with Gasteiger partial charge in [0.2, 0.25) is 0 Å². The molecule has 0 saturated heterocycles. The SMILES string of the molecule is C.C.C.C.C.C.C=CC(=O)OCC.C=CC(=O)OCC.CC[Si](C)(C)O[Si](C)(CCC(F)(F)F)O[Si](C)(C)CC.c1ccccc1.c1ccccc1. The molecule has 0 aliphatic rings. The van der Waals surface area contributed by atoms with Gasteiger partial charge in [-0.25, -0.2) is 9.59 Å². The standard InChI is InChI=1S/C12H29F3O2Si3.2C6H6.2C5H8O2.6CH4/c1-8-18(3,4)16-20(7,11-10-12(13,14)15)17-19(5,6)9-2;2*1-2-4-6-5-3-1;2*1-3-5(6)7-4-2;;;;;;/h8-11H2,1-7H3;2*1-6H;2*3H,1,4H2,2H3;6*1H4. The van der Waals surface area contributed by atoms with Crippen molar-refractivity contribution < 1.29 is 40.5 Å². The molecule has 0 aliphatic heterocycles. The highest BCUT2D eigenvalue weighted by Crippen LogP contribution is 2.32. The minimum absolute atomic E-state index is 0. The van der Waals surface area contributed by atoms with Crippen LogP contribution in [-0.2, 0) is 27.3 Å². The van der Waals surface area contributed by atoms with Gasteiger partial charge in [-0.05, 0) is 64.7 Å². The van der Waals surface area contributed by atoms with Gasteiger partial charge in [-0.2, -0.15) is 13.2 Å². The first-order chi connectivity index (χ1) is 21.4. The van der Waals surface area contributed by atoms with E-state index < -0.39 is 37.8 Å². The fourth-order valence-corrected chi connectivity index (χ4v) is 15.6. The molecule has 0 aliphatic carbocycles. The van der Waals surface area contributed by atoms with Gasteiger partial charge in [-0.3, -0.25) is 0 Å². The molecule has 2 aromatic carbocycles. The molecule has 0 amide bonds. The number of carbonyl (C=O) groups excluding carboxylic acids is 2. The van der Waals surface area contributed by atoms with Crippen molar-refractivity contribution in [2.24, 2.45) is 0 Å². The van der Waals surface area contributed by atoms with Crippen LogP contribution in [-0.4, -0.2) is 56.5 Å². The zero-order chi connectivity index (χ0) is 36.1. The Labute approximate surface area is 323 Å². The average Bonchev–Trinajstić information content (AvgIpc) is 3.02. The van der Waals surface area contributed by atoms with Gasteiger partial charge in [0.05, 0.1) is 13.2 Å². The van der Waals surface area contributed by atoms with Crippen LogP contribution in [0.2, 0.25) is 50.9 Å². The number of rotatable bonds is 12. The Balaban J connectivity index is -0.0000000689. The van der Waals surface area contributed by atoms with Gasteiger partial charge in [0.15, 0.2) is 16.6 Å². The Kier molecular flexibility index (Phi) is 55.8. The lowest BCUT2D eigenvalue weighted by Gasteiger charge is -2.40. The molecule has 0 spiro atoms. The molecule has 6 nitrogen and oxygen atoms in total. The van der Waals surface area contributed by atoms with Crippen LogP contribution in [0.5, 0.6) is 0 Å². The Morgan fingerprint density at radius 2 is 0.788 bits per heavy atom. The average molecular weight is 799 g/mol. The van der Waals surface area contributed by atoms with Crippen molar-refractivity contribution in [1.29, 1.82) is 0 Å². The van der Waals surface area contributed by atoms with Crippen molar-refractivity contribution in [1.82, 2.24) is 0 Å². The normalized spacial score (nSPS) is 9.54. The van der Waals surface area contributed by atoms with Crippen LogP contribution < -0.4 is 0 Å².